The summed E-state index contributed by atoms with van der Waals surface area (Å²) in [5.41, 5.74) is 3.60. The SMILES string of the molecule is CCOC(=O)c1nc2cc(C)c(C)cc2nc1N1CCN(S(=O)(=O)c2ccc(Br)cc2)CC1. The van der Waals surface area contributed by atoms with Crippen molar-refractivity contribution in [2.24, 2.45) is 0 Å². The molecule has 10 heteroatoms. The number of sulfonamides is 1. The van der Waals surface area contributed by atoms with Crippen LogP contribution < -0.4 is 4.90 Å². The number of ether oxygens (including phenoxy) is 1. The molecule has 33 heavy (non-hydrogen) atoms. The van der Waals surface area contributed by atoms with E-state index >= 15 is 0 Å². The summed E-state index contributed by atoms with van der Waals surface area (Å²) in [6.45, 7) is 7.26. The molecule has 2 aromatic carbocycles. The van der Waals surface area contributed by atoms with Crippen LogP contribution in [-0.4, -0.2) is 61.4 Å². The average molecular weight is 533 g/mol. The lowest BCUT2D eigenvalue weighted by atomic mass is 10.1. The number of aromatic nitrogens is 2. The number of benzene rings is 2. The van der Waals surface area contributed by atoms with E-state index in [0.29, 0.717) is 29.9 Å². The number of carbonyl (C=O) groups is 1. The fourth-order valence-electron chi connectivity index (χ4n) is 3.76. The van der Waals surface area contributed by atoms with Gasteiger partial charge in [-0.25, -0.2) is 23.2 Å². The molecule has 1 fully saturated rings. The summed E-state index contributed by atoms with van der Waals surface area (Å²) in [5, 5.41) is 0. The summed E-state index contributed by atoms with van der Waals surface area (Å²) < 4.78 is 33.6. The number of aryl methyl sites for hydroxylation is 2. The van der Waals surface area contributed by atoms with Gasteiger partial charge in [0.15, 0.2) is 11.5 Å². The molecular formula is C23H25BrN4O4S. The smallest absolute Gasteiger partial charge is 0.360 e. The number of piperazine rings is 1. The Morgan fingerprint density at radius 2 is 1.58 bits per heavy atom. The summed E-state index contributed by atoms with van der Waals surface area (Å²) in [7, 11) is -3.61. The molecule has 0 radical (unpaired) electrons. The maximum atomic E-state index is 13.0. The number of carbonyl (C=O) groups excluding carboxylic acids is 1. The van der Waals surface area contributed by atoms with Crippen molar-refractivity contribution in [3.05, 3.63) is 57.7 Å². The van der Waals surface area contributed by atoms with E-state index in [9.17, 15) is 13.2 Å². The van der Waals surface area contributed by atoms with Gasteiger partial charge in [-0.2, -0.15) is 4.31 Å². The van der Waals surface area contributed by atoms with E-state index in [-0.39, 0.29) is 30.3 Å². The van der Waals surface area contributed by atoms with E-state index < -0.39 is 16.0 Å². The largest absolute Gasteiger partial charge is 0.461 e. The number of anilines is 1. The molecule has 0 unspecified atom stereocenters. The van der Waals surface area contributed by atoms with Crippen molar-refractivity contribution < 1.29 is 17.9 Å². The molecule has 0 aliphatic carbocycles. The molecule has 1 aliphatic heterocycles. The van der Waals surface area contributed by atoms with Gasteiger partial charge >= 0.3 is 5.97 Å². The summed E-state index contributed by atoms with van der Waals surface area (Å²) >= 11 is 3.33. The third-order valence-electron chi connectivity index (χ3n) is 5.72. The molecule has 0 N–H and O–H groups in total. The highest BCUT2D eigenvalue weighted by Crippen LogP contribution is 2.26. The normalized spacial score (nSPS) is 15.1. The van der Waals surface area contributed by atoms with Crippen LogP contribution in [0.3, 0.4) is 0 Å². The van der Waals surface area contributed by atoms with E-state index in [2.05, 4.69) is 20.9 Å². The third-order valence-corrected chi connectivity index (χ3v) is 8.16. The fraction of sp³-hybridized carbons (Fsp3) is 0.348. The minimum atomic E-state index is -3.61. The van der Waals surface area contributed by atoms with Gasteiger partial charge in [-0.15, -0.1) is 0 Å². The topological polar surface area (TPSA) is 92.7 Å². The summed E-state index contributed by atoms with van der Waals surface area (Å²) in [4.78, 5) is 24.2. The van der Waals surface area contributed by atoms with Crippen LogP contribution in [0.5, 0.6) is 0 Å². The monoisotopic (exact) mass is 532 g/mol. The minimum Gasteiger partial charge on any atom is -0.461 e. The molecule has 2 heterocycles. The Balaban J connectivity index is 1.64. The zero-order valence-electron chi connectivity index (χ0n) is 18.7. The number of hydrogen-bond donors (Lipinski definition) is 0. The molecule has 0 bridgehead atoms. The zero-order valence-corrected chi connectivity index (χ0v) is 21.1. The van der Waals surface area contributed by atoms with E-state index in [1.807, 2.05) is 30.9 Å². The lowest BCUT2D eigenvalue weighted by molar-refractivity contribution is 0.0520. The van der Waals surface area contributed by atoms with Gasteiger partial charge < -0.3 is 9.64 Å². The molecule has 0 saturated carbocycles. The Morgan fingerprint density at radius 3 is 2.15 bits per heavy atom. The predicted octanol–water partition coefficient (Wildman–Crippen LogP) is 3.70. The minimum absolute atomic E-state index is 0.150. The molecule has 1 saturated heterocycles. The first kappa shape index (κ1) is 23.6. The van der Waals surface area contributed by atoms with Crippen LogP contribution >= 0.6 is 15.9 Å². The summed E-state index contributed by atoms with van der Waals surface area (Å²) in [5.74, 6) is -0.116. The number of rotatable bonds is 5. The number of nitrogens with zero attached hydrogens (tertiary/aromatic N) is 4. The lowest BCUT2D eigenvalue weighted by Gasteiger charge is -2.35. The van der Waals surface area contributed by atoms with Crippen molar-refractivity contribution in [1.82, 2.24) is 14.3 Å². The Morgan fingerprint density at radius 1 is 1.00 bits per heavy atom. The van der Waals surface area contributed by atoms with Crippen molar-refractivity contribution >= 4 is 48.8 Å². The first-order valence-corrected chi connectivity index (χ1v) is 12.9. The van der Waals surface area contributed by atoms with Crippen molar-refractivity contribution in [3.8, 4) is 0 Å². The molecule has 3 aromatic rings. The van der Waals surface area contributed by atoms with E-state index in [0.717, 1.165) is 15.6 Å². The van der Waals surface area contributed by atoms with Crippen LogP contribution in [0.15, 0.2) is 45.8 Å². The van der Waals surface area contributed by atoms with Gasteiger partial charge in [0.1, 0.15) is 0 Å². The van der Waals surface area contributed by atoms with Crippen molar-refractivity contribution in [2.75, 3.05) is 37.7 Å². The Kier molecular flexibility index (Phi) is 6.69. The third kappa shape index (κ3) is 4.73. The molecule has 1 aliphatic rings. The van der Waals surface area contributed by atoms with Crippen LogP contribution in [0.4, 0.5) is 5.82 Å². The molecule has 4 rings (SSSR count). The predicted molar refractivity (Wildman–Crippen MR) is 130 cm³/mol. The summed E-state index contributed by atoms with van der Waals surface area (Å²) in [6, 6.07) is 10.5. The zero-order chi connectivity index (χ0) is 23.8. The van der Waals surface area contributed by atoms with Crippen LogP contribution in [0.2, 0.25) is 0 Å². The fourth-order valence-corrected chi connectivity index (χ4v) is 5.44. The number of fused-ring (bicyclic) bond motifs is 1. The maximum absolute atomic E-state index is 13.0. The molecule has 0 spiro atoms. The first-order chi connectivity index (χ1) is 15.7. The van der Waals surface area contributed by atoms with Crippen LogP contribution in [-0.2, 0) is 14.8 Å². The molecule has 8 nitrogen and oxygen atoms in total. The molecule has 174 valence electrons. The van der Waals surface area contributed by atoms with Crippen LogP contribution in [0.25, 0.3) is 11.0 Å². The number of hydrogen-bond acceptors (Lipinski definition) is 7. The number of halogens is 1. The van der Waals surface area contributed by atoms with Gasteiger partial charge in [-0.05, 0) is 68.3 Å². The molecule has 0 amide bonds. The van der Waals surface area contributed by atoms with E-state index in [4.69, 9.17) is 9.72 Å². The van der Waals surface area contributed by atoms with Crippen molar-refractivity contribution in [3.63, 3.8) is 0 Å². The van der Waals surface area contributed by atoms with Crippen molar-refractivity contribution in [2.45, 2.75) is 25.7 Å². The Labute approximate surface area is 201 Å². The highest BCUT2D eigenvalue weighted by atomic mass is 79.9. The van der Waals surface area contributed by atoms with Crippen LogP contribution in [0.1, 0.15) is 28.5 Å². The Hall–Kier alpha value is -2.56. The van der Waals surface area contributed by atoms with Crippen LogP contribution in [0, 0.1) is 13.8 Å². The van der Waals surface area contributed by atoms with Gasteiger partial charge in [0.2, 0.25) is 10.0 Å². The van der Waals surface area contributed by atoms with Gasteiger partial charge in [-0.3, -0.25) is 0 Å². The number of esters is 1. The second-order valence-electron chi connectivity index (χ2n) is 7.89. The summed E-state index contributed by atoms with van der Waals surface area (Å²) in [6.07, 6.45) is 0. The lowest BCUT2D eigenvalue weighted by Crippen LogP contribution is -2.49. The second-order valence-corrected chi connectivity index (χ2v) is 10.7. The molecule has 0 atom stereocenters. The van der Waals surface area contributed by atoms with E-state index in [1.165, 1.54) is 4.31 Å². The quantitative estimate of drug-likeness (QED) is 0.462. The van der Waals surface area contributed by atoms with Gasteiger partial charge in [0.25, 0.3) is 0 Å². The molecule has 1 aromatic heterocycles. The van der Waals surface area contributed by atoms with Gasteiger partial charge in [-0.1, -0.05) is 15.9 Å². The highest BCUT2D eigenvalue weighted by molar-refractivity contribution is 9.10. The highest BCUT2D eigenvalue weighted by Gasteiger charge is 2.31. The second kappa shape index (κ2) is 9.36. The maximum Gasteiger partial charge on any atom is 0.360 e. The average Bonchev–Trinajstić information content (AvgIpc) is 2.80. The standard InChI is InChI=1S/C23H25BrN4O4S/c1-4-32-23(29)21-22(26-20-14-16(3)15(2)13-19(20)25-21)27-9-11-28(12-10-27)33(30,31)18-7-5-17(24)6-8-18/h5-8,13-14H,4,9-12H2,1-3H3. The Bertz CT molecular complexity index is 1300. The van der Waals surface area contributed by atoms with Gasteiger partial charge in [0, 0.05) is 30.7 Å². The van der Waals surface area contributed by atoms with E-state index in [1.54, 1.807) is 31.2 Å². The first-order valence-electron chi connectivity index (χ1n) is 10.7. The molecular weight excluding hydrogens is 508 g/mol. The van der Waals surface area contributed by atoms with Gasteiger partial charge in [0.05, 0.1) is 22.5 Å². The van der Waals surface area contributed by atoms with Crippen molar-refractivity contribution in [1.29, 1.82) is 0 Å².